The minimum atomic E-state index is -0.734. The van der Waals surface area contributed by atoms with Crippen LogP contribution in [0.2, 0.25) is 0 Å². The highest BCUT2D eigenvalue weighted by Gasteiger charge is 2.34. The molecular formula is C20H19NO3. The number of nitrogens with zero attached hydrogens (tertiary/aromatic N) is 1. The molecule has 1 aliphatic carbocycles. The molecule has 2 aromatic carbocycles. The second kappa shape index (κ2) is 6.42. The van der Waals surface area contributed by atoms with Gasteiger partial charge >= 0.3 is 0 Å². The lowest BCUT2D eigenvalue weighted by Gasteiger charge is -2.35. The summed E-state index contributed by atoms with van der Waals surface area (Å²) in [6, 6.07) is 16.2. The number of aliphatic hydroxyl groups is 1. The molecule has 0 radical (unpaired) electrons. The van der Waals surface area contributed by atoms with Gasteiger partial charge in [-0.3, -0.25) is 10.1 Å². The zero-order valence-corrected chi connectivity index (χ0v) is 13.4. The quantitative estimate of drug-likeness (QED) is 0.657. The van der Waals surface area contributed by atoms with E-state index in [-0.39, 0.29) is 5.69 Å². The first-order valence-corrected chi connectivity index (χ1v) is 7.86. The Kier molecular flexibility index (Phi) is 4.32. The standard InChI is InChI=1S/C20H19NO3/c1-20(19(22)16-9-11-18(12-10-16)21(23)24)13-5-8-17(14-20)15-6-3-2-4-7-15/h2-13,19,22H,14H2,1H3/t19-,20+/m0/s1. The SMILES string of the molecule is C[C@@]1([C@@H](O)c2ccc([N+](=O)[O-])cc2)C=CC=C(c2ccccc2)C1. The molecule has 0 amide bonds. The third-order valence-electron chi connectivity index (χ3n) is 4.53. The number of nitro groups is 1. The number of non-ortho nitro benzene ring substituents is 1. The summed E-state index contributed by atoms with van der Waals surface area (Å²) < 4.78 is 0. The maximum absolute atomic E-state index is 10.9. The lowest BCUT2D eigenvalue weighted by atomic mass is 9.72. The van der Waals surface area contributed by atoms with E-state index in [1.807, 2.05) is 37.3 Å². The minimum absolute atomic E-state index is 0.0279. The molecular weight excluding hydrogens is 302 g/mol. The maximum Gasteiger partial charge on any atom is 0.269 e. The van der Waals surface area contributed by atoms with Crippen LogP contribution in [0.3, 0.4) is 0 Å². The van der Waals surface area contributed by atoms with Gasteiger partial charge in [0.1, 0.15) is 0 Å². The van der Waals surface area contributed by atoms with E-state index in [9.17, 15) is 15.2 Å². The molecule has 0 aliphatic heterocycles. The van der Waals surface area contributed by atoms with Gasteiger partial charge < -0.3 is 5.11 Å². The monoisotopic (exact) mass is 321 g/mol. The fourth-order valence-corrected chi connectivity index (χ4v) is 3.11. The third-order valence-corrected chi connectivity index (χ3v) is 4.53. The van der Waals surface area contributed by atoms with Crippen molar-refractivity contribution in [3.63, 3.8) is 0 Å². The van der Waals surface area contributed by atoms with E-state index in [1.165, 1.54) is 17.7 Å². The Bertz CT molecular complexity index is 793. The fourth-order valence-electron chi connectivity index (χ4n) is 3.11. The van der Waals surface area contributed by atoms with Gasteiger partial charge in [0, 0.05) is 17.5 Å². The Hall–Kier alpha value is -2.72. The largest absolute Gasteiger partial charge is 0.388 e. The first-order valence-electron chi connectivity index (χ1n) is 7.86. The second-order valence-electron chi connectivity index (χ2n) is 6.35. The van der Waals surface area contributed by atoms with Crippen LogP contribution in [0.15, 0.2) is 72.8 Å². The average molecular weight is 321 g/mol. The smallest absolute Gasteiger partial charge is 0.269 e. The molecule has 24 heavy (non-hydrogen) atoms. The van der Waals surface area contributed by atoms with Crippen molar-refractivity contribution >= 4 is 11.3 Å². The molecule has 0 saturated carbocycles. The summed E-state index contributed by atoms with van der Waals surface area (Å²) in [5.74, 6) is 0. The van der Waals surface area contributed by atoms with E-state index in [4.69, 9.17) is 0 Å². The van der Waals surface area contributed by atoms with Gasteiger partial charge in [-0.2, -0.15) is 0 Å². The molecule has 1 N–H and O–H groups in total. The summed E-state index contributed by atoms with van der Waals surface area (Å²) in [5, 5.41) is 21.6. The Balaban J connectivity index is 1.84. The number of allylic oxidation sites excluding steroid dienone is 3. The van der Waals surface area contributed by atoms with Crippen molar-refractivity contribution < 1.29 is 10.0 Å². The zero-order valence-electron chi connectivity index (χ0n) is 13.4. The number of benzene rings is 2. The average Bonchev–Trinajstić information content (AvgIpc) is 2.62. The summed E-state index contributed by atoms with van der Waals surface area (Å²) in [5.41, 5.74) is 2.56. The predicted molar refractivity (Wildman–Crippen MR) is 94.3 cm³/mol. The Morgan fingerprint density at radius 3 is 2.42 bits per heavy atom. The lowest BCUT2D eigenvalue weighted by molar-refractivity contribution is -0.384. The highest BCUT2D eigenvalue weighted by Crippen LogP contribution is 2.45. The van der Waals surface area contributed by atoms with Crippen LogP contribution in [-0.2, 0) is 0 Å². The van der Waals surface area contributed by atoms with Gasteiger partial charge in [0.15, 0.2) is 0 Å². The number of nitro benzene ring substituents is 1. The molecule has 0 spiro atoms. The Morgan fingerprint density at radius 2 is 1.79 bits per heavy atom. The predicted octanol–water partition coefficient (Wildman–Crippen LogP) is 4.68. The van der Waals surface area contributed by atoms with Gasteiger partial charge in [-0.15, -0.1) is 0 Å². The van der Waals surface area contributed by atoms with Crippen LogP contribution < -0.4 is 0 Å². The number of hydrogen-bond donors (Lipinski definition) is 1. The number of hydrogen-bond acceptors (Lipinski definition) is 3. The zero-order chi connectivity index (χ0) is 17.2. The Morgan fingerprint density at radius 1 is 1.12 bits per heavy atom. The van der Waals surface area contributed by atoms with E-state index in [0.29, 0.717) is 12.0 Å². The van der Waals surface area contributed by atoms with Crippen LogP contribution in [-0.4, -0.2) is 10.0 Å². The van der Waals surface area contributed by atoms with Crippen LogP contribution in [0.5, 0.6) is 0 Å². The molecule has 2 aromatic rings. The van der Waals surface area contributed by atoms with Gasteiger partial charge in [-0.05, 0) is 35.3 Å². The van der Waals surface area contributed by atoms with Gasteiger partial charge in [0.25, 0.3) is 5.69 Å². The maximum atomic E-state index is 10.9. The van der Waals surface area contributed by atoms with Crippen molar-refractivity contribution in [3.8, 4) is 0 Å². The first kappa shape index (κ1) is 16.1. The summed E-state index contributed by atoms with van der Waals surface area (Å²) in [4.78, 5) is 10.3. The van der Waals surface area contributed by atoms with E-state index in [1.54, 1.807) is 12.1 Å². The number of rotatable bonds is 4. The summed E-state index contributed by atoms with van der Waals surface area (Å²) in [6.45, 7) is 2.01. The van der Waals surface area contributed by atoms with Crippen molar-refractivity contribution in [1.82, 2.24) is 0 Å². The van der Waals surface area contributed by atoms with Crippen molar-refractivity contribution in [1.29, 1.82) is 0 Å². The van der Waals surface area contributed by atoms with Gasteiger partial charge in [-0.1, -0.05) is 55.5 Å². The summed E-state index contributed by atoms with van der Waals surface area (Å²) in [6.07, 6.45) is 6.01. The fraction of sp³-hybridized carbons (Fsp3) is 0.200. The first-order chi connectivity index (χ1) is 11.5. The third kappa shape index (κ3) is 3.14. The van der Waals surface area contributed by atoms with Crippen LogP contribution in [0, 0.1) is 15.5 Å². The van der Waals surface area contributed by atoms with E-state index in [2.05, 4.69) is 18.2 Å². The second-order valence-corrected chi connectivity index (χ2v) is 6.35. The molecule has 3 rings (SSSR count). The van der Waals surface area contributed by atoms with Gasteiger partial charge in [0.2, 0.25) is 0 Å². The van der Waals surface area contributed by atoms with Crippen molar-refractivity contribution in [2.45, 2.75) is 19.4 Å². The molecule has 0 aromatic heterocycles. The normalized spacial score (nSPS) is 21.2. The molecule has 2 atom stereocenters. The van der Waals surface area contributed by atoms with Gasteiger partial charge in [-0.25, -0.2) is 0 Å². The molecule has 1 aliphatic rings. The summed E-state index contributed by atoms with van der Waals surface area (Å²) in [7, 11) is 0. The molecule has 0 saturated heterocycles. The van der Waals surface area contributed by atoms with Crippen LogP contribution in [0.25, 0.3) is 5.57 Å². The molecule has 0 heterocycles. The molecule has 0 unspecified atom stereocenters. The molecule has 4 nitrogen and oxygen atoms in total. The van der Waals surface area contributed by atoms with Crippen molar-refractivity contribution in [2.75, 3.05) is 0 Å². The highest BCUT2D eigenvalue weighted by atomic mass is 16.6. The molecule has 0 fully saturated rings. The van der Waals surface area contributed by atoms with E-state index < -0.39 is 16.4 Å². The van der Waals surface area contributed by atoms with E-state index in [0.717, 1.165) is 5.56 Å². The van der Waals surface area contributed by atoms with Crippen molar-refractivity contribution in [3.05, 3.63) is 94.1 Å². The van der Waals surface area contributed by atoms with Crippen LogP contribution in [0.1, 0.15) is 30.6 Å². The van der Waals surface area contributed by atoms with Crippen LogP contribution >= 0.6 is 0 Å². The molecule has 4 heteroatoms. The Labute approximate surface area is 140 Å². The van der Waals surface area contributed by atoms with E-state index >= 15 is 0 Å². The topological polar surface area (TPSA) is 63.4 Å². The minimum Gasteiger partial charge on any atom is -0.388 e. The summed E-state index contributed by atoms with van der Waals surface area (Å²) >= 11 is 0. The highest BCUT2D eigenvalue weighted by molar-refractivity contribution is 5.69. The lowest BCUT2D eigenvalue weighted by Crippen LogP contribution is -2.25. The van der Waals surface area contributed by atoms with Crippen molar-refractivity contribution in [2.24, 2.45) is 5.41 Å². The molecule has 0 bridgehead atoms. The molecule has 122 valence electrons. The van der Waals surface area contributed by atoms with Crippen LogP contribution in [0.4, 0.5) is 5.69 Å². The van der Waals surface area contributed by atoms with Gasteiger partial charge in [0.05, 0.1) is 11.0 Å². The number of aliphatic hydroxyl groups excluding tert-OH is 1.